The molecule has 0 saturated carbocycles. The van der Waals surface area contributed by atoms with Crippen LogP contribution in [0.1, 0.15) is 24.0 Å². The van der Waals surface area contributed by atoms with Crippen LogP contribution in [0.4, 0.5) is 0 Å². The first kappa shape index (κ1) is 18.8. The average molecular weight is 368 g/mol. The van der Waals surface area contributed by atoms with Gasteiger partial charge in [0.1, 0.15) is 0 Å². The molecule has 2 aliphatic heterocycles. The Bertz CT molecular complexity index is 705. The van der Waals surface area contributed by atoms with Gasteiger partial charge in [-0.1, -0.05) is 29.8 Å². The summed E-state index contributed by atoms with van der Waals surface area (Å²) in [6.07, 6.45) is 1.22. The fourth-order valence-electron chi connectivity index (χ4n) is 3.88. The summed E-state index contributed by atoms with van der Waals surface area (Å²) in [5.41, 5.74) is 1.76. The minimum Gasteiger partial charge on any atom is -0.389 e. The van der Waals surface area contributed by atoms with E-state index in [-0.39, 0.29) is 5.92 Å². The van der Waals surface area contributed by atoms with Crippen molar-refractivity contribution < 1.29 is 13.5 Å². The highest BCUT2D eigenvalue weighted by atomic mass is 32.2. The topological polar surface area (TPSA) is 64.1 Å². The van der Waals surface area contributed by atoms with Gasteiger partial charge in [-0.15, -0.1) is 0 Å². The van der Waals surface area contributed by atoms with E-state index in [0.717, 1.165) is 19.6 Å². The number of likely N-dealkylation sites (tertiary alicyclic amines) is 1. The molecule has 140 valence electrons. The molecule has 0 aliphatic carbocycles. The van der Waals surface area contributed by atoms with Gasteiger partial charge < -0.3 is 5.11 Å². The van der Waals surface area contributed by atoms with Crippen molar-refractivity contribution in [3.63, 3.8) is 0 Å². The van der Waals surface area contributed by atoms with Crippen LogP contribution >= 0.6 is 0 Å². The van der Waals surface area contributed by atoms with E-state index in [2.05, 4.69) is 36.1 Å². The van der Waals surface area contributed by atoms with Gasteiger partial charge >= 0.3 is 0 Å². The standard InChI is InChI=1S/C18H29N3O3S/c1-15-4-6-16(7-5-15)12-20-10-8-18(22)9-11-21(14-17(18)13-20)25(23,24)19(2)3/h4-7,17,22H,8-14H2,1-3H3/t17-,18-/m1/s1. The van der Waals surface area contributed by atoms with Crippen LogP contribution in [0, 0.1) is 12.8 Å². The highest BCUT2D eigenvalue weighted by Crippen LogP contribution is 2.36. The molecule has 2 aliphatic rings. The Labute approximate surface area is 151 Å². The molecule has 25 heavy (non-hydrogen) atoms. The SMILES string of the molecule is Cc1ccc(CN2CC[C@@]3(O)CCN(S(=O)(=O)N(C)C)C[C@H]3C2)cc1. The molecule has 1 aromatic carbocycles. The van der Waals surface area contributed by atoms with Crippen molar-refractivity contribution in [3.05, 3.63) is 35.4 Å². The molecular weight excluding hydrogens is 338 g/mol. The summed E-state index contributed by atoms with van der Waals surface area (Å²) in [4.78, 5) is 2.33. The van der Waals surface area contributed by atoms with E-state index >= 15 is 0 Å². The largest absolute Gasteiger partial charge is 0.389 e. The lowest BCUT2D eigenvalue weighted by molar-refractivity contribution is -0.103. The van der Waals surface area contributed by atoms with E-state index in [9.17, 15) is 13.5 Å². The molecular formula is C18H29N3O3S. The molecule has 0 unspecified atom stereocenters. The lowest BCUT2D eigenvalue weighted by atomic mass is 9.76. The summed E-state index contributed by atoms with van der Waals surface area (Å²) in [6.45, 7) is 5.28. The van der Waals surface area contributed by atoms with Gasteiger partial charge in [-0.2, -0.15) is 17.0 Å². The molecule has 2 heterocycles. The molecule has 0 bridgehead atoms. The lowest BCUT2D eigenvalue weighted by Gasteiger charge is -2.50. The van der Waals surface area contributed by atoms with Gasteiger partial charge in [0, 0.05) is 52.7 Å². The Morgan fingerprint density at radius 2 is 1.80 bits per heavy atom. The monoisotopic (exact) mass is 367 g/mol. The van der Waals surface area contributed by atoms with E-state index in [1.165, 1.54) is 19.7 Å². The maximum absolute atomic E-state index is 12.4. The zero-order valence-corrected chi connectivity index (χ0v) is 16.2. The molecule has 7 heteroatoms. The predicted molar refractivity (Wildman–Crippen MR) is 98.3 cm³/mol. The molecule has 3 rings (SSSR count). The van der Waals surface area contributed by atoms with Gasteiger partial charge in [-0.25, -0.2) is 0 Å². The second-order valence-corrected chi connectivity index (χ2v) is 9.81. The maximum atomic E-state index is 12.4. The van der Waals surface area contributed by atoms with Crippen molar-refractivity contribution in [2.24, 2.45) is 5.92 Å². The van der Waals surface area contributed by atoms with E-state index in [1.54, 1.807) is 14.1 Å². The van der Waals surface area contributed by atoms with E-state index in [1.807, 2.05) is 0 Å². The van der Waals surface area contributed by atoms with Gasteiger partial charge in [-0.3, -0.25) is 4.90 Å². The highest BCUT2D eigenvalue weighted by molar-refractivity contribution is 7.86. The van der Waals surface area contributed by atoms with Crippen molar-refractivity contribution in [2.75, 3.05) is 40.3 Å². The van der Waals surface area contributed by atoms with Crippen molar-refractivity contribution in [1.82, 2.24) is 13.5 Å². The Morgan fingerprint density at radius 3 is 2.44 bits per heavy atom. The molecule has 2 fully saturated rings. The minimum absolute atomic E-state index is 0.0461. The molecule has 0 aromatic heterocycles. The third-order valence-electron chi connectivity index (χ3n) is 5.63. The van der Waals surface area contributed by atoms with Gasteiger partial charge in [0.05, 0.1) is 5.60 Å². The number of fused-ring (bicyclic) bond motifs is 1. The fourth-order valence-corrected chi connectivity index (χ4v) is 5.03. The summed E-state index contributed by atoms with van der Waals surface area (Å²) in [6, 6.07) is 8.50. The third-order valence-corrected chi connectivity index (χ3v) is 7.54. The first-order valence-electron chi connectivity index (χ1n) is 8.88. The number of rotatable bonds is 4. The van der Waals surface area contributed by atoms with Crippen LogP contribution in [0.3, 0.4) is 0 Å². The molecule has 0 amide bonds. The third kappa shape index (κ3) is 3.90. The van der Waals surface area contributed by atoms with Crippen LogP contribution in [0.2, 0.25) is 0 Å². The number of aryl methyl sites for hydroxylation is 1. The first-order valence-corrected chi connectivity index (χ1v) is 10.3. The van der Waals surface area contributed by atoms with Crippen LogP contribution < -0.4 is 0 Å². The van der Waals surface area contributed by atoms with Crippen LogP contribution in [0.15, 0.2) is 24.3 Å². The molecule has 0 spiro atoms. The smallest absolute Gasteiger partial charge is 0.281 e. The number of hydrogen-bond donors (Lipinski definition) is 1. The van der Waals surface area contributed by atoms with Crippen molar-refractivity contribution in [3.8, 4) is 0 Å². The zero-order valence-electron chi connectivity index (χ0n) is 15.4. The average Bonchev–Trinajstić information content (AvgIpc) is 2.56. The van der Waals surface area contributed by atoms with Crippen molar-refractivity contribution in [1.29, 1.82) is 0 Å². The molecule has 1 N–H and O–H groups in total. The Balaban J connectivity index is 1.69. The predicted octanol–water partition coefficient (Wildman–Crippen LogP) is 1.06. The summed E-state index contributed by atoms with van der Waals surface area (Å²) >= 11 is 0. The van der Waals surface area contributed by atoms with Crippen LogP contribution in [-0.2, 0) is 16.8 Å². The molecule has 6 nitrogen and oxygen atoms in total. The van der Waals surface area contributed by atoms with Crippen LogP contribution in [0.25, 0.3) is 0 Å². The van der Waals surface area contributed by atoms with Crippen molar-refractivity contribution >= 4 is 10.2 Å². The summed E-state index contributed by atoms with van der Waals surface area (Å²) < 4.78 is 27.6. The quantitative estimate of drug-likeness (QED) is 0.864. The zero-order chi connectivity index (χ0) is 18.2. The second-order valence-electron chi connectivity index (χ2n) is 7.67. The van der Waals surface area contributed by atoms with Gasteiger partial charge in [0.15, 0.2) is 0 Å². The molecule has 0 radical (unpaired) electrons. The first-order chi connectivity index (χ1) is 11.7. The normalized spacial score (nSPS) is 28.9. The van der Waals surface area contributed by atoms with Gasteiger partial charge in [0.2, 0.25) is 0 Å². The van der Waals surface area contributed by atoms with E-state index < -0.39 is 15.8 Å². The Morgan fingerprint density at radius 1 is 1.16 bits per heavy atom. The minimum atomic E-state index is -3.42. The lowest BCUT2D eigenvalue weighted by Crippen LogP contribution is -2.61. The number of aliphatic hydroxyl groups is 1. The number of benzene rings is 1. The molecule has 2 saturated heterocycles. The van der Waals surface area contributed by atoms with E-state index in [4.69, 9.17) is 0 Å². The number of nitrogens with zero attached hydrogens (tertiary/aromatic N) is 3. The maximum Gasteiger partial charge on any atom is 0.281 e. The number of piperidine rings is 2. The van der Waals surface area contributed by atoms with Gasteiger partial charge in [-0.05, 0) is 25.3 Å². The molecule has 2 atom stereocenters. The second kappa shape index (κ2) is 6.96. The Hall–Kier alpha value is -0.990. The number of hydrogen-bond acceptors (Lipinski definition) is 4. The van der Waals surface area contributed by atoms with Crippen LogP contribution in [-0.4, -0.2) is 72.9 Å². The van der Waals surface area contributed by atoms with Crippen molar-refractivity contribution in [2.45, 2.75) is 31.9 Å². The molecule has 1 aromatic rings. The van der Waals surface area contributed by atoms with Crippen LogP contribution in [0.5, 0.6) is 0 Å². The summed E-state index contributed by atoms with van der Waals surface area (Å²) in [7, 11) is -0.309. The summed E-state index contributed by atoms with van der Waals surface area (Å²) in [5, 5.41) is 11.0. The Kier molecular flexibility index (Phi) is 5.23. The summed E-state index contributed by atoms with van der Waals surface area (Å²) in [5.74, 6) is -0.0461. The highest BCUT2D eigenvalue weighted by Gasteiger charge is 2.47. The fraction of sp³-hybridized carbons (Fsp3) is 0.667. The van der Waals surface area contributed by atoms with E-state index in [0.29, 0.717) is 25.9 Å². The van der Waals surface area contributed by atoms with Gasteiger partial charge in [0.25, 0.3) is 10.2 Å².